The lowest BCUT2D eigenvalue weighted by Gasteiger charge is -2.20. The number of rotatable bonds is 4. The molecule has 156 valence electrons. The number of fused-ring (bicyclic) bond motifs is 5. The summed E-state index contributed by atoms with van der Waals surface area (Å²) >= 11 is 0. The van der Waals surface area contributed by atoms with Gasteiger partial charge in [0.25, 0.3) is 5.69 Å². The highest BCUT2D eigenvalue weighted by Gasteiger charge is 2.59. The average molecular weight is 410 g/mol. The summed E-state index contributed by atoms with van der Waals surface area (Å²) in [4.78, 5) is 50.4. The standard InChI is InChI=1S/C21H22N4O5/c26-19-15(3-1-2-8-22-19)23-14-7-6-13(10-16(14)25(29)30)24-20(27)17-11-4-5-12(9-11)18(17)21(24)28/h4-7,10-12,15,17-18,23H,1-3,8-9H2,(H,22,26)/t11-,12-,15-,17-,18-/m0/s1. The number of amides is 3. The molecular weight excluding hydrogens is 388 g/mol. The van der Waals surface area contributed by atoms with Crippen LogP contribution in [0.3, 0.4) is 0 Å². The zero-order valence-electron chi connectivity index (χ0n) is 16.2. The fourth-order valence-electron chi connectivity index (χ4n) is 5.35. The Hall–Kier alpha value is -3.23. The normalized spacial score (nSPS) is 32.2. The number of nitrogens with zero attached hydrogens (tertiary/aromatic N) is 2. The molecule has 1 aromatic rings. The van der Waals surface area contributed by atoms with Crippen molar-refractivity contribution in [2.45, 2.75) is 31.7 Å². The van der Waals surface area contributed by atoms with Crippen LogP contribution in [0.2, 0.25) is 0 Å². The Morgan fingerprint density at radius 3 is 2.43 bits per heavy atom. The highest BCUT2D eigenvalue weighted by Crippen LogP contribution is 2.53. The number of nitrogens with one attached hydrogen (secondary N) is 2. The van der Waals surface area contributed by atoms with Crippen molar-refractivity contribution in [2.75, 3.05) is 16.8 Å². The number of nitro groups is 1. The van der Waals surface area contributed by atoms with E-state index in [1.165, 1.54) is 18.2 Å². The predicted octanol–water partition coefficient (Wildman–Crippen LogP) is 1.99. The fraction of sp³-hybridized carbons (Fsp3) is 0.476. The number of nitro benzene ring substituents is 1. The maximum absolute atomic E-state index is 13.0. The van der Waals surface area contributed by atoms with Crippen molar-refractivity contribution in [2.24, 2.45) is 23.7 Å². The first-order chi connectivity index (χ1) is 14.5. The fourth-order valence-corrected chi connectivity index (χ4v) is 5.35. The second-order valence-corrected chi connectivity index (χ2v) is 8.45. The minimum absolute atomic E-state index is 0.0751. The van der Waals surface area contributed by atoms with Crippen LogP contribution in [0, 0.1) is 33.8 Å². The van der Waals surface area contributed by atoms with E-state index in [0.29, 0.717) is 13.0 Å². The summed E-state index contributed by atoms with van der Waals surface area (Å²) in [6.45, 7) is 0.594. The molecule has 9 heteroatoms. The minimum Gasteiger partial charge on any atom is -0.368 e. The Balaban J connectivity index is 1.44. The van der Waals surface area contributed by atoms with E-state index in [-0.39, 0.29) is 58.5 Å². The van der Waals surface area contributed by atoms with Gasteiger partial charge in [0.2, 0.25) is 17.7 Å². The smallest absolute Gasteiger partial charge is 0.294 e. The zero-order valence-corrected chi connectivity index (χ0v) is 16.2. The molecule has 3 amide bonds. The zero-order chi connectivity index (χ0) is 21.0. The van der Waals surface area contributed by atoms with Gasteiger partial charge in [-0.1, -0.05) is 12.2 Å². The quantitative estimate of drug-likeness (QED) is 0.339. The highest BCUT2D eigenvalue weighted by atomic mass is 16.6. The average Bonchev–Trinajstić information content (AvgIpc) is 3.36. The lowest BCUT2D eigenvalue weighted by Crippen LogP contribution is -2.38. The molecule has 0 radical (unpaired) electrons. The van der Waals surface area contributed by atoms with E-state index >= 15 is 0 Å². The monoisotopic (exact) mass is 410 g/mol. The van der Waals surface area contributed by atoms with Gasteiger partial charge in [-0.25, -0.2) is 4.90 Å². The number of carbonyl (C=O) groups is 3. The van der Waals surface area contributed by atoms with E-state index in [9.17, 15) is 24.5 Å². The van der Waals surface area contributed by atoms with Crippen LogP contribution >= 0.6 is 0 Å². The molecule has 2 N–H and O–H groups in total. The third-order valence-electron chi connectivity index (χ3n) is 6.77. The van der Waals surface area contributed by atoms with Gasteiger partial charge in [0.15, 0.2) is 0 Å². The first-order valence-electron chi connectivity index (χ1n) is 10.3. The molecule has 2 heterocycles. The molecule has 30 heavy (non-hydrogen) atoms. The van der Waals surface area contributed by atoms with Crippen LogP contribution in [0.4, 0.5) is 17.1 Å². The van der Waals surface area contributed by atoms with E-state index in [1.54, 1.807) is 0 Å². The molecule has 1 aromatic carbocycles. The molecule has 5 rings (SSSR count). The molecule has 0 aromatic heterocycles. The van der Waals surface area contributed by atoms with Crippen molar-refractivity contribution in [1.82, 2.24) is 5.32 Å². The molecule has 5 atom stereocenters. The van der Waals surface area contributed by atoms with Gasteiger partial charge in [0.05, 0.1) is 22.4 Å². The number of carbonyl (C=O) groups excluding carboxylic acids is 3. The molecule has 2 saturated heterocycles. The third-order valence-corrected chi connectivity index (χ3v) is 6.77. The first kappa shape index (κ1) is 18.8. The van der Waals surface area contributed by atoms with Gasteiger partial charge in [-0.05, 0) is 49.7 Å². The summed E-state index contributed by atoms with van der Waals surface area (Å²) in [6, 6.07) is 3.71. The Labute approximate surface area is 172 Å². The van der Waals surface area contributed by atoms with Gasteiger partial charge < -0.3 is 10.6 Å². The molecule has 0 unspecified atom stereocenters. The number of anilines is 2. The van der Waals surface area contributed by atoms with Gasteiger partial charge >= 0.3 is 0 Å². The van der Waals surface area contributed by atoms with Crippen LogP contribution in [0.5, 0.6) is 0 Å². The summed E-state index contributed by atoms with van der Waals surface area (Å²) in [6.07, 6.45) is 7.11. The number of hydrogen-bond acceptors (Lipinski definition) is 6. The van der Waals surface area contributed by atoms with Gasteiger partial charge in [0.1, 0.15) is 11.7 Å². The first-order valence-corrected chi connectivity index (χ1v) is 10.3. The van der Waals surface area contributed by atoms with Crippen LogP contribution in [0.15, 0.2) is 30.4 Å². The Kier molecular flexibility index (Phi) is 4.34. The van der Waals surface area contributed by atoms with Crippen molar-refractivity contribution in [3.63, 3.8) is 0 Å². The van der Waals surface area contributed by atoms with E-state index in [2.05, 4.69) is 10.6 Å². The van der Waals surface area contributed by atoms with Crippen LogP contribution < -0.4 is 15.5 Å². The molecular formula is C21H22N4O5. The van der Waals surface area contributed by atoms with Crippen LogP contribution in [-0.4, -0.2) is 35.2 Å². The molecule has 0 spiro atoms. The summed E-state index contributed by atoms with van der Waals surface area (Å²) in [7, 11) is 0. The molecule has 2 bridgehead atoms. The van der Waals surface area contributed by atoms with Crippen LogP contribution in [-0.2, 0) is 14.4 Å². The molecule has 1 saturated carbocycles. The van der Waals surface area contributed by atoms with Gasteiger partial charge in [0, 0.05) is 12.6 Å². The molecule has 9 nitrogen and oxygen atoms in total. The van der Waals surface area contributed by atoms with Crippen molar-refractivity contribution >= 4 is 34.8 Å². The van der Waals surface area contributed by atoms with Gasteiger partial charge in [-0.15, -0.1) is 0 Å². The maximum atomic E-state index is 13.0. The number of hydrogen-bond donors (Lipinski definition) is 2. The van der Waals surface area contributed by atoms with Crippen molar-refractivity contribution < 1.29 is 19.3 Å². The van der Waals surface area contributed by atoms with Gasteiger partial charge in [-0.3, -0.25) is 24.5 Å². The lowest BCUT2D eigenvalue weighted by atomic mass is 9.85. The summed E-state index contributed by atoms with van der Waals surface area (Å²) in [5.74, 6) is -1.32. The van der Waals surface area contributed by atoms with Gasteiger partial charge in [-0.2, -0.15) is 0 Å². The second kappa shape index (κ2) is 6.93. The Morgan fingerprint density at radius 2 is 1.77 bits per heavy atom. The lowest BCUT2D eigenvalue weighted by molar-refractivity contribution is -0.383. The van der Waals surface area contributed by atoms with Crippen LogP contribution in [0.25, 0.3) is 0 Å². The largest absolute Gasteiger partial charge is 0.368 e. The second-order valence-electron chi connectivity index (χ2n) is 8.45. The van der Waals surface area contributed by atoms with Crippen molar-refractivity contribution in [3.05, 3.63) is 40.5 Å². The predicted molar refractivity (Wildman–Crippen MR) is 108 cm³/mol. The highest BCUT2D eigenvalue weighted by molar-refractivity contribution is 6.23. The van der Waals surface area contributed by atoms with E-state index < -0.39 is 11.0 Å². The maximum Gasteiger partial charge on any atom is 0.294 e. The minimum atomic E-state index is -0.562. The topological polar surface area (TPSA) is 122 Å². The number of allylic oxidation sites excluding steroid dienone is 2. The molecule has 3 fully saturated rings. The molecule has 2 aliphatic heterocycles. The van der Waals surface area contributed by atoms with E-state index in [0.717, 1.165) is 24.2 Å². The third kappa shape index (κ3) is 2.79. The Bertz CT molecular complexity index is 960. The van der Waals surface area contributed by atoms with Crippen molar-refractivity contribution in [3.8, 4) is 0 Å². The Morgan fingerprint density at radius 1 is 1.07 bits per heavy atom. The molecule has 4 aliphatic rings. The number of imide groups is 1. The van der Waals surface area contributed by atoms with Crippen molar-refractivity contribution in [1.29, 1.82) is 0 Å². The SMILES string of the molecule is O=C1NCCCC[C@@H]1Nc1ccc(N2C(=O)[C@@H]3[C@@H](C2=O)[C@H]2C=C[C@H]3C2)cc1[N+](=O)[O-]. The number of benzene rings is 1. The van der Waals surface area contributed by atoms with E-state index in [4.69, 9.17) is 0 Å². The molecule has 2 aliphatic carbocycles. The summed E-state index contributed by atoms with van der Waals surface area (Å²) in [5, 5.41) is 17.5. The summed E-state index contributed by atoms with van der Waals surface area (Å²) in [5.41, 5.74) is 0.150. The summed E-state index contributed by atoms with van der Waals surface area (Å²) < 4.78 is 0. The van der Waals surface area contributed by atoms with E-state index in [1.807, 2.05) is 12.2 Å². The van der Waals surface area contributed by atoms with Crippen LogP contribution in [0.1, 0.15) is 25.7 Å².